The van der Waals surface area contributed by atoms with E-state index in [4.69, 9.17) is 12.2 Å². The first-order chi connectivity index (χ1) is 12.2. The Hall–Kier alpha value is -2.13. The molecular formula is C17H14F3N3OS2. The van der Waals surface area contributed by atoms with Gasteiger partial charge in [0.05, 0.1) is 17.5 Å². The van der Waals surface area contributed by atoms with Crippen molar-refractivity contribution in [3.63, 3.8) is 0 Å². The van der Waals surface area contributed by atoms with Gasteiger partial charge in [-0.3, -0.25) is 4.79 Å². The van der Waals surface area contributed by atoms with Crippen molar-refractivity contribution in [2.75, 3.05) is 5.75 Å². The van der Waals surface area contributed by atoms with Gasteiger partial charge in [0.25, 0.3) is 5.91 Å². The maximum absolute atomic E-state index is 13.0. The summed E-state index contributed by atoms with van der Waals surface area (Å²) < 4.78 is 41.0. The molecule has 2 aromatic rings. The third-order valence-electron chi connectivity index (χ3n) is 3.94. The molecule has 0 bridgehead atoms. The van der Waals surface area contributed by atoms with Crippen LogP contribution in [0.25, 0.3) is 5.69 Å². The molecule has 0 aliphatic carbocycles. The number of alkyl halides is 3. The number of carbonyl (C=O) groups is 1. The molecule has 1 aliphatic rings. The molecule has 0 saturated carbocycles. The van der Waals surface area contributed by atoms with Gasteiger partial charge in [-0.05, 0) is 38.1 Å². The molecule has 3 rings (SSSR count). The van der Waals surface area contributed by atoms with Crippen LogP contribution in [0, 0.1) is 13.8 Å². The lowest BCUT2D eigenvalue weighted by molar-refractivity contribution is -0.137. The van der Waals surface area contributed by atoms with Crippen LogP contribution in [0.4, 0.5) is 13.2 Å². The maximum atomic E-state index is 13.0. The monoisotopic (exact) mass is 397 g/mol. The Balaban J connectivity index is 1.97. The first kappa shape index (κ1) is 18.7. The van der Waals surface area contributed by atoms with Gasteiger partial charge in [0.1, 0.15) is 0 Å². The molecule has 1 amide bonds. The van der Waals surface area contributed by atoms with Crippen LogP contribution in [0.3, 0.4) is 0 Å². The number of hydrogen-bond acceptors (Lipinski definition) is 4. The summed E-state index contributed by atoms with van der Waals surface area (Å²) in [5.74, 6) is 0.0716. The molecule has 26 heavy (non-hydrogen) atoms. The number of amides is 1. The zero-order valence-electron chi connectivity index (χ0n) is 13.9. The van der Waals surface area contributed by atoms with E-state index < -0.39 is 11.7 Å². The molecule has 1 aromatic heterocycles. The Morgan fingerprint density at radius 3 is 2.62 bits per heavy atom. The van der Waals surface area contributed by atoms with E-state index in [1.54, 1.807) is 30.5 Å². The lowest BCUT2D eigenvalue weighted by Gasteiger charge is -2.13. The normalized spacial score (nSPS) is 15.5. The minimum absolute atomic E-state index is 0.192. The molecule has 1 saturated heterocycles. The zero-order chi connectivity index (χ0) is 19.1. The van der Waals surface area contributed by atoms with Crippen LogP contribution in [-0.2, 0) is 11.0 Å². The van der Waals surface area contributed by atoms with Crippen LogP contribution < -0.4 is 0 Å². The number of thioether (sulfide) groups is 1. The fourth-order valence-electron chi connectivity index (χ4n) is 2.72. The van der Waals surface area contributed by atoms with Crippen LogP contribution in [0.2, 0.25) is 0 Å². The highest BCUT2D eigenvalue weighted by atomic mass is 32.2. The van der Waals surface area contributed by atoms with Crippen molar-refractivity contribution in [3.05, 3.63) is 52.8 Å². The molecule has 2 heterocycles. The first-order valence-corrected chi connectivity index (χ1v) is 8.98. The molecular weight excluding hydrogens is 383 g/mol. The Labute approximate surface area is 157 Å². The average molecular weight is 397 g/mol. The SMILES string of the molecule is Cc1cc(/C=N\N2C(=O)CSC2=S)c(C)n1-c1cccc(C(F)(F)F)c1. The van der Waals surface area contributed by atoms with Crippen LogP contribution in [0.15, 0.2) is 35.4 Å². The van der Waals surface area contributed by atoms with Crippen molar-refractivity contribution in [2.24, 2.45) is 5.10 Å². The van der Waals surface area contributed by atoms with Crippen LogP contribution in [-0.4, -0.2) is 31.8 Å². The van der Waals surface area contributed by atoms with Gasteiger partial charge in [-0.1, -0.05) is 30.0 Å². The number of aryl methyl sites for hydroxylation is 1. The lowest BCUT2D eigenvalue weighted by atomic mass is 10.2. The minimum atomic E-state index is -4.40. The predicted octanol–water partition coefficient (Wildman–Crippen LogP) is 4.31. The number of nitrogens with zero attached hydrogens (tertiary/aromatic N) is 3. The molecule has 136 valence electrons. The molecule has 9 heteroatoms. The Bertz CT molecular complexity index is 902. The third kappa shape index (κ3) is 3.54. The van der Waals surface area contributed by atoms with E-state index in [9.17, 15) is 18.0 Å². The molecule has 1 aromatic carbocycles. The smallest absolute Gasteiger partial charge is 0.318 e. The van der Waals surface area contributed by atoms with E-state index in [0.29, 0.717) is 15.6 Å². The summed E-state index contributed by atoms with van der Waals surface area (Å²) in [6.07, 6.45) is -2.90. The standard InChI is InChI=1S/C17H14F3N3OS2/c1-10-6-12(8-21-23-15(24)9-26-16(23)25)11(2)22(10)14-5-3-4-13(7-14)17(18,19)20/h3-8H,9H2,1-2H3/b21-8-. The number of hydrazone groups is 1. The topological polar surface area (TPSA) is 37.6 Å². The minimum Gasteiger partial charge on any atom is -0.318 e. The van der Waals surface area contributed by atoms with Crippen LogP contribution in [0.1, 0.15) is 22.5 Å². The van der Waals surface area contributed by atoms with Crippen LogP contribution in [0.5, 0.6) is 0 Å². The second-order valence-electron chi connectivity index (χ2n) is 5.71. The molecule has 0 spiro atoms. The van der Waals surface area contributed by atoms with Crippen molar-refractivity contribution >= 4 is 40.4 Å². The number of halogens is 3. The molecule has 0 radical (unpaired) electrons. The van der Waals surface area contributed by atoms with E-state index >= 15 is 0 Å². The van der Waals surface area contributed by atoms with E-state index in [1.165, 1.54) is 24.0 Å². The second kappa shape index (κ2) is 6.88. The number of aromatic nitrogens is 1. The molecule has 0 atom stereocenters. The summed E-state index contributed by atoms with van der Waals surface area (Å²) >= 11 is 6.31. The van der Waals surface area contributed by atoms with E-state index in [2.05, 4.69) is 5.10 Å². The summed E-state index contributed by atoms with van der Waals surface area (Å²) in [5.41, 5.74) is 1.89. The molecule has 1 aliphatic heterocycles. The summed E-state index contributed by atoms with van der Waals surface area (Å²) in [7, 11) is 0. The summed E-state index contributed by atoms with van der Waals surface area (Å²) in [4.78, 5) is 11.7. The van der Waals surface area contributed by atoms with Crippen LogP contribution >= 0.6 is 24.0 Å². The van der Waals surface area contributed by atoms with Crippen molar-refractivity contribution in [2.45, 2.75) is 20.0 Å². The molecule has 0 N–H and O–H groups in total. The Kier molecular flexibility index (Phi) is 4.94. The Morgan fingerprint density at radius 1 is 1.27 bits per heavy atom. The van der Waals surface area contributed by atoms with Gasteiger partial charge in [0.15, 0.2) is 4.32 Å². The van der Waals surface area contributed by atoms with Gasteiger partial charge in [-0.2, -0.15) is 23.3 Å². The summed E-state index contributed by atoms with van der Waals surface area (Å²) in [5, 5.41) is 5.29. The molecule has 4 nitrogen and oxygen atoms in total. The Morgan fingerprint density at radius 2 is 2.00 bits per heavy atom. The van der Waals surface area contributed by atoms with E-state index in [-0.39, 0.29) is 11.7 Å². The van der Waals surface area contributed by atoms with Crippen molar-refractivity contribution in [1.82, 2.24) is 9.58 Å². The number of benzene rings is 1. The van der Waals surface area contributed by atoms with Gasteiger partial charge in [0, 0.05) is 22.6 Å². The van der Waals surface area contributed by atoms with Gasteiger partial charge in [-0.25, -0.2) is 0 Å². The largest absolute Gasteiger partial charge is 0.416 e. The quantitative estimate of drug-likeness (QED) is 0.572. The predicted molar refractivity (Wildman–Crippen MR) is 99.7 cm³/mol. The summed E-state index contributed by atoms with van der Waals surface area (Å²) in [6, 6.07) is 6.94. The first-order valence-electron chi connectivity index (χ1n) is 7.59. The third-order valence-corrected chi connectivity index (χ3v) is 5.28. The van der Waals surface area contributed by atoms with Crippen molar-refractivity contribution < 1.29 is 18.0 Å². The number of rotatable bonds is 3. The van der Waals surface area contributed by atoms with Crippen molar-refractivity contribution in [3.8, 4) is 5.69 Å². The lowest BCUT2D eigenvalue weighted by Crippen LogP contribution is -2.22. The maximum Gasteiger partial charge on any atom is 0.416 e. The number of hydrogen-bond donors (Lipinski definition) is 0. The number of carbonyl (C=O) groups excluding carboxylic acids is 1. The highest BCUT2D eigenvalue weighted by molar-refractivity contribution is 8.23. The van der Waals surface area contributed by atoms with Gasteiger partial charge in [0.2, 0.25) is 0 Å². The molecule has 0 unspecified atom stereocenters. The van der Waals surface area contributed by atoms with Gasteiger partial charge in [-0.15, -0.1) is 0 Å². The zero-order valence-corrected chi connectivity index (χ0v) is 15.5. The second-order valence-corrected chi connectivity index (χ2v) is 7.32. The average Bonchev–Trinajstić information content (AvgIpc) is 3.04. The highest BCUT2D eigenvalue weighted by Gasteiger charge is 2.31. The highest BCUT2D eigenvalue weighted by Crippen LogP contribution is 2.31. The fraction of sp³-hybridized carbons (Fsp3) is 0.235. The number of thiocarbonyl (C=S) groups is 1. The van der Waals surface area contributed by atoms with E-state index in [1.807, 2.05) is 0 Å². The summed E-state index contributed by atoms with van der Waals surface area (Å²) in [6.45, 7) is 3.58. The molecule has 1 fully saturated rings. The van der Waals surface area contributed by atoms with Gasteiger partial charge < -0.3 is 4.57 Å². The van der Waals surface area contributed by atoms with E-state index in [0.717, 1.165) is 28.5 Å². The fourth-order valence-corrected chi connectivity index (χ4v) is 3.68. The van der Waals surface area contributed by atoms with Gasteiger partial charge >= 0.3 is 6.18 Å². The van der Waals surface area contributed by atoms with Crippen molar-refractivity contribution in [1.29, 1.82) is 0 Å².